The molecule has 1 saturated heterocycles. The summed E-state index contributed by atoms with van der Waals surface area (Å²) in [6.07, 6.45) is -0.449. The van der Waals surface area contributed by atoms with Crippen LogP contribution in [0, 0.1) is 0 Å². The minimum absolute atomic E-state index is 0.0237. The van der Waals surface area contributed by atoms with Gasteiger partial charge in [0.05, 0.1) is 29.3 Å². The Morgan fingerprint density at radius 1 is 0.692 bits per heavy atom. The van der Waals surface area contributed by atoms with Gasteiger partial charge in [-0.2, -0.15) is 0 Å². The Bertz CT molecular complexity index is 724. The monoisotopic (exact) mass is 362 g/mol. The first-order valence-corrected chi connectivity index (χ1v) is 9.79. The van der Waals surface area contributed by atoms with Gasteiger partial charge in [0.25, 0.3) is 0 Å². The fourth-order valence-corrected chi connectivity index (χ4v) is 5.26. The number of aliphatic hydroxyl groups excluding tert-OH is 1. The van der Waals surface area contributed by atoms with Gasteiger partial charge in [-0.15, -0.1) is 11.8 Å². The number of hydrogen-bond donors (Lipinski definition) is 1. The Morgan fingerprint density at radius 3 is 1.46 bits per heavy atom. The molecule has 3 heteroatoms. The number of thioether (sulfide) groups is 1. The van der Waals surface area contributed by atoms with Crippen molar-refractivity contribution in [2.45, 2.75) is 16.1 Å². The summed E-state index contributed by atoms with van der Waals surface area (Å²) < 4.78 is 5.15. The first-order valence-electron chi connectivity index (χ1n) is 8.91. The van der Waals surface area contributed by atoms with Crippen molar-refractivity contribution in [3.63, 3.8) is 0 Å². The van der Waals surface area contributed by atoms with E-state index >= 15 is 0 Å². The largest absolute Gasteiger partial charge is 0.389 e. The van der Waals surface area contributed by atoms with Crippen LogP contribution < -0.4 is 0 Å². The highest BCUT2D eigenvalue weighted by molar-refractivity contribution is 8.01. The van der Waals surface area contributed by atoms with Crippen molar-refractivity contribution in [3.05, 3.63) is 108 Å². The molecule has 1 aliphatic heterocycles. The van der Waals surface area contributed by atoms with E-state index in [1.54, 1.807) is 11.8 Å². The molecule has 3 aromatic carbocycles. The lowest BCUT2D eigenvalue weighted by Crippen LogP contribution is -2.32. The van der Waals surface area contributed by atoms with Gasteiger partial charge in [0, 0.05) is 0 Å². The summed E-state index contributed by atoms with van der Waals surface area (Å²) in [6, 6.07) is 31.7. The zero-order chi connectivity index (χ0) is 17.8. The van der Waals surface area contributed by atoms with Gasteiger partial charge in [-0.3, -0.25) is 0 Å². The molecule has 0 radical (unpaired) electrons. The van der Waals surface area contributed by atoms with Crippen molar-refractivity contribution in [1.29, 1.82) is 0 Å². The standard InChI is InChI=1S/C23H22O2S/c24-21-16-25-17-22(21)26-23(18-10-4-1-5-11-18,19-12-6-2-7-13-19)20-14-8-3-9-15-20/h1-15,21-22,24H,16-17H2/t21-,22-/m0/s1. The minimum Gasteiger partial charge on any atom is -0.389 e. The molecule has 0 amide bonds. The predicted octanol–water partition coefficient (Wildman–Crippen LogP) is 4.47. The van der Waals surface area contributed by atoms with E-state index in [0.29, 0.717) is 13.2 Å². The van der Waals surface area contributed by atoms with Crippen LogP contribution in [0.5, 0.6) is 0 Å². The molecule has 2 nitrogen and oxygen atoms in total. The van der Waals surface area contributed by atoms with Crippen LogP contribution in [0.3, 0.4) is 0 Å². The molecule has 0 spiro atoms. The maximum absolute atomic E-state index is 10.4. The number of rotatable bonds is 5. The van der Waals surface area contributed by atoms with Crippen LogP contribution in [0.25, 0.3) is 0 Å². The molecular formula is C23H22O2S. The second-order valence-corrected chi connectivity index (χ2v) is 7.99. The molecule has 2 atom stereocenters. The van der Waals surface area contributed by atoms with Crippen LogP contribution in [0.4, 0.5) is 0 Å². The fraction of sp³-hybridized carbons (Fsp3) is 0.217. The summed E-state index contributed by atoms with van der Waals surface area (Å²) >= 11 is 1.79. The highest BCUT2D eigenvalue weighted by atomic mass is 32.2. The predicted molar refractivity (Wildman–Crippen MR) is 107 cm³/mol. The van der Waals surface area contributed by atoms with E-state index in [2.05, 4.69) is 72.8 Å². The molecule has 3 aromatic rings. The number of benzene rings is 3. The number of aliphatic hydroxyl groups is 1. The van der Waals surface area contributed by atoms with Gasteiger partial charge in [-0.25, -0.2) is 0 Å². The lowest BCUT2D eigenvalue weighted by atomic mass is 9.84. The van der Waals surface area contributed by atoms with Crippen molar-refractivity contribution < 1.29 is 9.84 Å². The van der Waals surface area contributed by atoms with Gasteiger partial charge in [-0.1, -0.05) is 91.0 Å². The molecule has 1 heterocycles. The minimum atomic E-state index is -0.449. The van der Waals surface area contributed by atoms with Crippen LogP contribution in [0.2, 0.25) is 0 Å². The maximum atomic E-state index is 10.4. The van der Waals surface area contributed by atoms with E-state index in [9.17, 15) is 5.11 Å². The first kappa shape index (κ1) is 17.3. The van der Waals surface area contributed by atoms with Gasteiger partial charge in [-0.05, 0) is 16.7 Å². The third-order valence-electron chi connectivity index (χ3n) is 4.87. The van der Waals surface area contributed by atoms with Crippen LogP contribution in [0.1, 0.15) is 16.7 Å². The quantitative estimate of drug-likeness (QED) is 0.679. The van der Waals surface area contributed by atoms with Gasteiger partial charge in [0.15, 0.2) is 0 Å². The van der Waals surface area contributed by atoms with Crippen molar-refractivity contribution >= 4 is 11.8 Å². The summed E-state index contributed by atoms with van der Waals surface area (Å²) in [5, 5.41) is 10.5. The van der Waals surface area contributed by atoms with Gasteiger partial charge >= 0.3 is 0 Å². The molecule has 1 N–H and O–H groups in total. The van der Waals surface area contributed by atoms with E-state index < -0.39 is 10.9 Å². The second-order valence-electron chi connectivity index (χ2n) is 6.54. The summed E-state index contributed by atoms with van der Waals surface area (Å²) in [5.74, 6) is 0. The zero-order valence-electron chi connectivity index (χ0n) is 14.5. The Kier molecular flexibility index (Phi) is 5.11. The first-order chi connectivity index (χ1) is 12.8. The third kappa shape index (κ3) is 3.18. The summed E-state index contributed by atoms with van der Waals surface area (Å²) in [4.78, 5) is 0. The molecule has 26 heavy (non-hydrogen) atoms. The SMILES string of the molecule is O[C@H]1COC[C@@H]1SC(c1ccccc1)(c1ccccc1)c1ccccc1. The van der Waals surface area contributed by atoms with Crippen LogP contribution in [-0.4, -0.2) is 29.7 Å². The topological polar surface area (TPSA) is 29.5 Å². The van der Waals surface area contributed by atoms with E-state index in [1.807, 2.05) is 18.2 Å². The van der Waals surface area contributed by atoms with Crippen molar-refractivity contribution in [2.75, 3.05) is 13.2 Å². The van der Waals surface area contributed by atoms with E-state index in [-0.39, 0.29) is 5.25 Å². The Labute approximate surface area is 158 Å². The number of hydrogen-bond acceptors (Lipinski definition) is 3. The molecule has 132 valence electrons. The molecule has 1 fully saturated rings. The summed E-state index contributed by atoms with van der Waals surface area (Å²) in [5.41, 5.74) is 3.63. The van der Waals surface area contributed by atoms with Crippen LogP contribution in [0.15, 0.2) is 91.0 Å². The second kappa shape index (κ2) is 7.67. The smallest absolute Gasteiger partial charge is 0.0914 e. The lowest BCUT2D eigenvalue weighted by molar-refractivity contribution is 0.127. The third-order valence-corrected chi connectivity index (χ3v) is 6.68. The molecular weight excluding hydrogens is 340 g/mol. The lowest BCUT2D eigenvalue weighted by Gasteiger charge is -2.37. The Morgan fingerprint density at radius 2 is 1.12 bits per heavy atom. The molecule has 0 aromatic heterocycles. The average molecular weight is 362 g/mol. The maximum Gasteiger partial charge on any atom is 0.0914 e. The normalized spacial score (nSPS) is 20.2. The molecule has 0 aliphatic carbocycles. The molecule has 0 saturated carbocycles. The summed E-state index contributed by atoms with van der Waals surface area (Å²) in [7, 11) is 0. The van der Waals surface area contributed by atoms with Crippen molar-refractivity contribution in [2.24, 2.45) is 0 Å². The van der Waals surface area contributed by atoms with E-state index in [0.717, 1.165) is 0 Å². The zero-order valence-corrected chi connectivity index (χ0v) is 15.3. The highest BCUT2D eigenvalue weighted by Crippen LogP contribution is 2.51. The van der Waals surface area contributed by atoms with Gasteiger partial charge in [0.1, 0.15) is 0 Å². The average Bonchev–Trinajstić information content (AvgIpc) is 3.12. The molecule has 0 bridgehead atoms. The Balaban J connectivity index is 1.94. The van der Waals surface area contributed by atoms with Crippen LogP contribution >= 0.6 is 11.8 Å². The van der Waals surface area contributed by atoms with Gasteiger partial charge in [0.2, 0.25) is 0 Å². The van der Waals surface area contributed by atoms with Crippen molar-refractivity contribution in [1.82, 2.24) is 0 Å². The van der Waals surface area contributed by atoms with Crippen LogP contribution in [-0.2, 0) is 9.48 Å². The molecule has 0 unspecified atom stereocenters. The molecule has 4 rings (SSSR count). The number of ether oxygens (including phenoxy) is 1. The highest BCUT2D eigenvalue weighted by Gasteiger charge is 2.42. The van der Waals surface area contributed by atoms with Gasteiger partial charge < -0.3 is 9.84 Å². The van der Waals surface area contributed by atoms with E-state index in [4.69, 9.17) is 4.74 Å². The van der Waals surface area contributed by atoms with E-state index in [1.165, 1.54) is 16.7 Å². The Hall–Kier alpha value is -2.07. The fourth-order valence-electron chi connectivity index (χ4n) is 3.59. The summed E-state index contributed by atoms with van der Waals surface area (Å²) in [6.45, 7) is 0.978. The van der Waals surface area contributed by atoms with Crippen molar-refractivity contribution in [3.8, 4) is 0 Å². The molecule has 1 aliphatic rings.